The van der Waals surface area contributed by atoms with Crippen LogP contribution in [0.15, 0.2) is 22.7 Å². The third-order valence-electron chi connectivity index (χ3n) is 6.02. The summed E-state index contributed by atoms with van der Waals surface area (Å²) in [5.74, 6) is -1.26. The van der Waals surface area contributed by atoms with Gasteiger partial charge in [-0.25, -0.2) is 13.8 Å². The van der Waals surface area contributed by atoms with E-state index in [4.69, 9.17) is 9.51 Å². The highest BCUT2D eigenvalue weighted by Gasteiger charge is 2.47. The maximum Gasteiger partial charge on any atom is 0.252 e. The number of nitrogens with one attached hydrogen (secondary N) is 1. The number of hydrogen-bond donors (Lipinski definition) is 1. The van der Waals surface area contributed by atoms with E-state index in [1.807, 2.05) is 36.6 Å². The van der Waals surface area contributed by atoms with Crippen molar-refractivity contribution < 1.29 is 18.1 Å². The first-order chi connectivity index (χ1) is 13.8. The average Bonchev–Trinajstić information content (AvgIpc) is 3.19. The topological polar surface area (TPSA) is 72.9 Å². The van der Waals surface area contributed by atoms with E-state index < -0.39 is 5.92 Å². The summed E-state index contributed by atoms with van der Waals surface area (Å²) in [4.78, 5) is 16.7. The van der Waals surface area contributed by atoms with Gasteiger partial charge in [-0.3, -0.25) is 4.79 Å². The van der Waals surface area contributed by atoms with Gasteiger partial charge in [0, 0.05) is 30.9 Å². The standard InChI is InChI=1S/C21H22F2N4O2/c1-11-19(12(2)29-26-11)13-6-7-17-16(8-13)25-20(15-4-3-5-18(28)24-15)27(17)14-9-21(22,23)10-14/h6-8,14-15H,3-5,9-10H2,1-2H3,(H,24,28). The van der Waals surface area contributed by atoms with E-state index >= 15 is 0 Å². The first kappa shape index (κ1) is 18.3. The lowest BCUT2D eigenvalue weighted by Crippen LogP contribution is -2.40. The minimum absolute atomic E-state index is 0.0183. The number of alkyl halides is 2. The summed E-state index contributed by atoms with van der Waals surface area (Å²) >= 11 is 0. The molecule has 1 saturated heterocycles. The van der Waals surface area contributed by atoms with Crippen LogP contribution in [0.3, 0.4) is 0 Å². The van der Waals surface area contributed by atoms with Crippen LogP contribution < -0.4 is 5.32 Å². The second-order valence-electron chi connectivity index (χ2n) is 8.17. The lowest BCUT2D eigenvalue weighted by atomic mass is 9.87. The van der Waals surface area contributed by atoms with Crippen molar-refractivity contribution in [1.29, 1.82) is 0 Å². The summed E-state index contributed by atoms with van der Waals surface area (Å²) in [6, 6.07) is 5.26. The van der Waals surface area contributed by atoms with Crippen molar-refractivity contribution in [3.8, 4) is 11.1 Å². The number of piperidine rings is 1. The minimum atomic E-state index is -2.63. The third kappa shape index (κ3) is 3.01. The van der Waals surface area contributed by atoms with Crippen molar-refractivity contribution in [1.82, 2.24) is 20.0 Å². The monoisotopic (exact) mass is 400 g/mol. The van der Waals surface area contributed by atoms with Crippen molar-refractivity contribution in [2.75, 3.05) is 0 Å². The zero-order chi connectivity index (χ0) is 20.3. The molecule has 3 heterocycles. The molecule has 1 aromatic carbocycles. The van der Waals surface area contributed by atoms with Gasteiger partial charge in [0.05, 0.1) is 22.8 Å². The number of aromatic nitrogens is 3. The molecule has 1 unspecified atom stereocenters. The van der Waals surface area contributed by atoms with Crippen LogP contribution in [0.1, 0.15) is 61.5 Å². The number of carbonyl (C=O) groups is 1. The summed E-state index contributed by atoms with van der Waals surface area (Å²) in [6.07, 6.45) is 1.63. The molecule has 0 radical (unpaired) electrons. The first-order valence-corrected chi connectivity index (χ1v) is 9.95. The van der Waals surface area contributed by atoms with Gasteiger partial charge in [-0.1, -0.05) is 11.2 Å². The van der Waals surface area contributed by atoms with Crippen molar-refractivity contribution in [3.63, 3.8) is 0 Å². The van der Waals surface area contributed by atoms with Crippen LogP contribution in [0.25, 0.3) is 22.2 Å². The van der Waals surface area contributed by atoms with Crippen LogP contribution in [0, 0.1) is 13.8 Å². The Morgan fingerprint density at radius 3 is 2.72 bits per heavy atom. The van der Waals surface area contributed by atoms with E-state index in [1.54, 1.807) is 0 Å². The number of nitrogens with zero attached hydrogens (tertiary/aromatic N) is 3. The Labute approximate surface area is 166 Å². The molecule has 8 heteroatoms. The number of fused-ring (bicyclic) bond motifs is 1. The zero-order valence-electron chi connectivity index (χ0n) is 16.3. The molecule has 152 valence electrons. The van der Waals surface area contributed by atoms with E-state index in [0.29, 0.717) is 12.2 Å². The molecule has 1 amide bonds. The Balaban J connectivity index is 1.63. The van der Waals surface area contributed by atoms with E-state index in [1.165, 1.54) is 0 Å². The van der Waals surface area contributed by atoms with Gasteiger partial charge in [-0.2, -0.15) is 0 Å². The number of halogens is 2. The number of benzene rings is 1. The lowest BCUT2D eigenvalue weighted by Gasteiger charge is -2.38. The largest absolute Gasteiger partial charge is 0.361 e. The van der Waals surface area contributed by atoms with E-state index in [-0.39, 0.29) is 30.8 Å². The molecule has 6 nitrogen and oxygen atoms in total. The molecule has 2 fully saturated rings. The minimum Gasteiger partial charge on any atom is -0.361 e. The average molecular weight is 400 g/mol. The van der Waals surface area contributed by atoms with Crippen LogP contribution in [-0.4, -0.2) is 26.5 Å². The number of imidazole rings is 1. The molecule has 1 N–H and O–H groups in total. The number of rotatable bonds is 3. The molecule has 1 atom stereocenters. The SMILES string of the molecule is Cc1noc(C)c1-c1ccc2c(c1)nc(C1CCCC(=O)N1)n2C1CC(F)(F)C1. The maximum absolute atomic E-state index is 13.6. The summed E-state index contributed by atoms with van der Waals surface area (Å²) < 4.78 is 34.5. The van der Waals surface area contributed by atoms with Gasteiger partial charge >= 0.3 is 0 Å². The van der Waals surface area contributed by atoms with Gasteiger partial charge < -0.3 is 14.4 Å². The highest BCUT2D eigenvalue weighted by Crippen LogP contribution is 2.48. The predicted octanol–water partition coefficient (Wildman–Crippen LogP) is 4.62. The van der Waals surface area contributed by atoms with Crippen LogP contribution in [-0.2, 0) is 4.79 Å². The Kier molecular flexibility index (Phi) is 4.01. The van der Waals surface area contributed by atoms with E-state index in [2.05, 4.69) is 10.5 Å². The fourth-order valence-corrected chi connectivity index (χ4v) is 4.61. The fourth-order valence-electron chi connectivity index (χ4n) is 4.61. The van der Waals surface area contributed by atoms with Gasteiger partial charge in [0.2, 0.25) is 5.91 Å². The van der Waals surface area contributed by atoms with Crippen molar-refractivity contribution in [3.05, 3.63) is 35.5 Å². The Morgan fingerprint density at radius 2 is 2.07 bits per heavy atom. The molecule has 1 aliphatic heterocycles. The Hall–Kier alpha value is -2.77. The van der Waals surface area contributed by atoms with Gasteiger partial charge in [0.15, 0.2) is 0 Å². The van der Waals surface area contributed by atoms with Gasteiger partial charge in [0.1, 0.15) is 11.6 Å². The zero-order valence-corrected chi connectivity index (χ0v) is 16.3. The molecule has 0 spiro atoms. The van der Waals surface area contributed by atoms with Crippen LogP contribution in [0.2, 0.25) is 0 Å². The summed E-state index contributed by atoms with van der Waals surface area (Å²) in [5, 5.41) is 7.00. The first-order valence-electron chi connectivity index (χ1n) is 9.95. The molecule has 29 heavy (non-hydrogen) atoms. The highest BCUT2D eigenvalue weighted by atomic mass is 19.3. The molecular weight excluding hydrogens is 378 g/mol. The quantitative estimate of drug-likeness (QED) is 0.696. The maximum atomic E-state index is 13.6. The van der Waals surface area contributed by atoms with Crippen molar-refractivity contribution >= 4 is 16.9 Å². The summed E-state index contributed by atoms with van der Waals surface area (Å²) in [7, 11) is 0. The van der Waals surface area contributed by atoms with Gasteiger partial charge in [-0.15, -0.1) is 0 Å². The number of carbonyl (C=O) groups excluding carboxylic acids is 1. The lowest BCUT2D eigenvalue weighted by molar-refractivity contribution is -0.123. The summed E-state index contributed by atoms with van der Waals surface area (Å²) in [5.41, 5.74) is 4.18. The fraction of sp³-hybridized carbons (Fsp3) is 0.476. The predicted molar refractivity (Wildman–Crippen MR) is 103 cm³/mol. The molecule has 2 aromatic heterocycles. The van der Waals surface area contributed by atoms with Crippen LogP contribution in [0.5, 0.6) is 0 Å². The molecular formula is C21H22F2N4O2. The summed E-state index contributed by atoms with van der Waals surface area (Å²) in [6.45, 7) is 3.74. The van der Waals surface area contributed by atoms with Crippen LogP contribution in [0.4, 0.5) is 8.78 Å². The normalized spacial score (nSPS) is 21.9. The second kappa shape index (κ2) is 6.37. The van der Waals surface area contributed by atoms with Gasteiger partial charge in [-0.05, 0) is 44.4 Å². The second-order valence-corrected chi connectivity index (χ2v) is 8.17. The number of hydrogen-bond acceptors (Lipinski definition) is 4. The molecule has 0 bridgehead atoms. The molecule has 2 aliphatic rings. The highest BCUT2D eigenvalue weighted by molar-refractivity contribution is 5.84. The molecule has 3 aromatic rings. The molecule has 1 aliphatic carbocycles. The van der Waals surface area contributed by atoms with Crippen LogP contribution >= 0.6 is 0 Å². The van der Waals surface area contributed by atoms with E-state index in [0.717, 1.165) is 46.5 Å². The third-order valence-corrected chi connectivity index (χ3v) is 6.02. The van der Waals surface area contributed by atoms with Crippen molar-refractivity contribution in [2.45, 2.75) is 64.0 Å². The number of amides is 1. The Bertz CT molecular complexity index is 1090. The number of aryl methyl sites for hydroxylation is 2. The van der Waals surface area contributed by atoms with E-state index in [9.17, 15) is 13.6 Å². The molecule has 5 rings (SSSR count). The molecule has 1 saturated carbocycles. The Morgan fingerprint density at radius 1 is 1.28 bits per heavy atom. The van der Waals surface area contributed by atoms with Gasteiger partial charge in [0.25, 0.3) is 5.92 Å². The van der Waals surface area contributed by atoms with Crippen molar-refractivity contribution in [2.24, 2.45) is 0 Å². The smallest absolute Gasteiger partial charge is 0.252 e.